The molecule has 0 atom stereocenters. The second kappa shape index (κ2) is 6.18. The van der Waals surface area contributed by atoms with E-state index in [1.165, 1.54) is 11.1 Å². The van der Waals surface area contributed by atoms with Gasteiger partial charge in [0.15, 0.2) is 0 Å². The molecule has 0 spiro atoms. The van der Waals surface area contributed by atoms with Gasteiger partial charge in [0.1, 0.15) is 5.69 Å². The van der Waals surface area contributed by atoms with E-state index in [1.54, 1.807) is 12.3 Å². The Morgan fingerprint density at radius 1 is 1.00 bits per heavy atom. The lowest BCUT2D eigenvalue weighted by atomic mass is 10.1. The number of hydrogen-bond acceptors (Lipinski definition) is 3. The smallest absolute Gasteiger partial charge is 0.270 e. The Kier molecular flexibility index (Phi) is 4.50. The van der Waals surface area contributed by atoms with Crippen LogP contribution in [0.5, 0.6) is 0 Å². The minimum atomic E-state index is -0.269. The highest BCUT2D eigenvalue weighted by atomic mass is 16.2. The van der Waals surface area contributed by atoms with Crippen LogP contribution in [0.1, 0.15) is 42.4 Å². The number of nitrogens with one attached hydrogen (secondary N) is 2. The van der Waals surface area contributed by atoms with E-state index in [2.05, 4.69) is 47.7 Å². The van der Waals surface area contributed by atoms with E-state index in [0.717, 1.165) is 11.4 Å². The molecule has 2 aromatic rings. The molecule has 2 rings (SSSR count). The van der Waals surface area contributed by atoms with Crippen LogP contribution in [0.4, 0.5) is 11.4 Å². The molecular weight excluding hydrogens is 274 g/mol. The number of carbonyl (C=O) groups excluding carboxylic acids is 1. The zero-order valence-electron chi connectivity index (χ0n) is 13.8. The summed E-state index contributed by atoms with van der Waals surface area (Å²) in [4.78, 5) is 16.3. The Bertz CT molecular complexity index is 649. The Balaban J connectivity index is 2.10. The molecule has 4 heteroatoms. The predicted molar refractivity (Wildman–Crippen MR) is 90.7 cm³/mol. The van der Waals surface area contributed by atoms with Gasteiger partial charge in [-0.25, -0.2) is 4.98 Å². The second-order valence-electron chi connectivity index (χ2n) is 6.64. The van der Waals surface area contributed by atoms with Gasteiger partial charge in [-0.2, -0.15) is 0 Å². The summed E-state index contributed by atoms with van der Waals surface area (Å²) in [7, 11) is 0. The predicted octanol–water partition coefficient (Wildman–Crippen LogP) is 3.97. The molecular formula is C18H23N3O. The Morgan fingerprint density at radius 2 is 1.64 bits per heavy atom. The summed E-state index contributed by atoms with van der Waals surface area (Å²) in [5.74, 6) is -0.162. The van der Waals surface area contributed by atoms with Crippen molar-refractivity contribution in [2.45, 2.75) is 40.2 Å². The minimum absolute atomic E-state index is 0.162. The summed E-state index contributed by atoms with van der Waals surface area (Å²) >= 11 is 0. The van der Waals surface area contributed by atoms with Crippen LogP contribution >= 0.6 is 0 Å². The Hall–Kier alpha value is -2.36. The van der Waals surface area contributed by atoms with Gasteiger partial charge in [-0.1, -0.05) is 6.07 Å². The van der Waals surface area contributed by atoms with Crippen molar-refractivity contribution in [2.24, 2.45) is 0 Å². The molecule has 0 bridgehead atoms. The van der Waals surface area contributed by atoms with Crippen LogP contribution in [0.25, 0.3) is 0 Å². The van der Waals surface area contributed by atoms with Gasteiger partial charge in [-0.15, -0.1) is 0 Å². The van der Waals surface area contributed by atoms with Gasteiger partial charge < -0.3 is 10.6 Å². The van der Waals surface area contributed by atoms with E-state index in [0.29, 0.717) is 5.69 Å². The third kappa shape index (κ3) is 4.58. The highest BCUT2D eigenvalue weighted by molar-refractivity contribution is 5.92. The molecule has 0 saturated heterocycles. The molecule has 1 aromatic heterocycles. The normalized spacial score (nSPS) is 11.1. The molecule has 0 fully saturated rings. The van der Waals surface area contributed by atoms with Crippen LogP contribution in [0.2, 0.25) is 0 Å². The molecule has 0 aliphatic rings. The zero-order chi connectivity index (χ0) is 16.3. The molecule has 1 heterocycles. The van der Waals surface area contributed by atoms with Crippen LogP contribution in [0.3, 0.4) is 0 Å². The number of aromatic nitrogens is 1. The Morgan fingerprint density at radius 3 is 2.14 bits per heavy atom. The lowest BCUT2D eigenvalue weighted by Crippen LogP contribution is -2.40. The fourth-order valence-electron chi connectivity index (χ4n) is 2.22. The van der Waals surface area contributed by atoms with Gasteiger partial charge in [-0.3, -0.25) is 4.79 Å². The summed E-state index contributed by atoms with van der Waals surface area (Å²) in [5, 5.41) is 6.20. The molecule has 22 heavy (non-hydrogen) atoms. The van der Waals surface area contributed by atoms with E-state index >= 15 is 0 Å². The van der Waals surface area contributed by atoms with Gasteiger partial charge in [0.05, 0.1) is 11.9 Å². The molecule has 1 amide bonds. The van der Waals surface area contributed by atoms with Gasteiger partial charge in [0.2, 0.25) is 0 Å². The SMILES string of the molecule is Cc1cc(C)cc(Nc2ccc(C(=O)NC(C)(C)C)nc2)c1. The number of benzene rings is 1. The third-order valence-corrected chi connectivity index (χ3v) is 3.00. The fraction of sp³-hybridized carbons (Fsp3) is 0.333. The van der Waals surface area contributed by atoms with Crippen LogP contribution in [-0.2, 0) is 0 Å². The third-order valence-electron chi connectivity index (χ3n) is 3.00. The van der Waals surface area contributed by atoms with Crippen molar-refractivity contribution in [3.8, 4) is 0 Å². The van der Waals surface area contributed by atoms with Crippen molar-refractivity contribution in [1.82, 2.24) is 10.3 Å². The first-order valence-electron chi connectivity index (χ1n) is 7.37. The van der Waals surface area contributed by atoms with Gasteiger partial charge in [0, 0.05) is 11.2 Å². The Labute approximate surface area is 132 Å². The van der Waals surface area contributed by atoms with Crippen molar-refractivity contribution in [2.75, 3.05) is 5.32 Å². The molecule has 116 valence electrons. The minimum Gasteiger partial charge on any atom is -0.354 e. The molecule has 0 saturated carbocycles. The first-order chi connectivity index (χ1) is 10.2. The number of nitrogens with zero attached hydrogens (tertiary/aromatic N) is 1. The molecule has 0 radical (unpaired) electrons. The summed E-state index contributed by atoms with van der Waals surface area (Å²) in [6.07, 6.45) is 1.68. The number of rotatable bonds is 3. The van der Waals surface area contributed by atoms with Crippen LogP contribution in [0.15, 0.2) is 36.5 Å². The van der Waals surface area contributed by atoms with E-state index < -0.39 is 0 Å². The number of aryl methyl sites for hydroxylation is 2. The van der Waals surface area contributed by atoms with Gasteiger partial charge >= 0.3 is 0 Å². The molecule has 0 aliphatic carbocycles. The molecule has 0 aliphatic heterocycles. The summed E-state index contributed by atoms with van der Waals surface area (Å²) in [6, 6.07) is 9.87. The lowest BCUT2D eigenvalue weighted by molar-refractivity contribution is 0.0914. The summed E-state index contributed by atoms with van der Waals surface area (Å²) in [5.41, 5.74) is 4.44. The first kappa shape index (κ1) is 16.0. The average molecular weight is 297 g/mol. The van der Waals surface area contributed by atoms with E-state index in [1.807, 2.05) is 26.8 Å². The quantitative estimate of drug-likeness (QED) is 0.901. The van der Waals surface area contributed by atoms with E-state index in [9.17, 15) is 4.79 Å². The number of hydrogen-bond donors (Lipinski definition) is 2. The van der Waals surface area contributed by atoms with Crippen LogP contribution in [-0.4, -0.2) is 16.4 Å². The van der Waals surface area contributed by atoms with Crippen LogP contribution < -0.4 is 10.6 Å². The van der Waals surface area contributed by atoms with Crippen molar-refractivity contribution in [3.05, 3.63) is 53.3 Å². The first-order valence-corrected chi connectivity index (χ1v) is 7.37. The van der Waals surface area contributed by atoms with E-state index in [-0.39, 0.29) is 11.4 Å². The maximum atomic E-state index is 12.0. The van der Waals surface area contributed by atoms with Crippen molar-refractivity contribution in [1.29, 1.82) is 0 Å². The van der Waals surface area contributed by atoms with E-state index in [4.69, 9.17) is 0 Å². The van der Waals surface area contributed by atoms with Crippen molar-refractivity contribution < 1.29 is 4.79 Å². The largest absolute Gasteiger partial charge is 0.354 e. The summed E-state index contributed by atoms with van der Waals surface area (Å²) in [6.45, 7) is 9.97. The number of carbonyl (C=O) groups is 1. The molecule has 1 aromatic carbocycles. The average Bonchev–Trinajstić information content (AvgIpc) is 2.36. The number of anilines is 2. The van der Waals surface area contributed by atoms with Gasteiger partial charge in [-0.05, 0) is 70.0 Å². The topological polar surface area (TPSA) is 54.0 Å². The maximum absolute atomic E-state index is 12.0. The molecule has 4 nitrogen and oxygen atoms in total. The zero-order valence-corrected chi connectivity index (χ0v) is 13.8. The summed E-state index contributed by atoms with van der Waals surface area (Å²) < 4.78 is 0. The monoisotopic (exact) mass is 297 g/mol. The van der Waals surface area contributed by atoms with Gasteiger partial charge in [0.25, 0.3) is 5.91 Å². The molecule has 2 N–H and O–H groups in total. The standard InChI is InChI=1S/C18H23N3O/c1-12-8-13(2)10-15(9-12)20-14-6-7-16(19-11-14)17(22)21-18(3,4)5/h6-11,20H,1-5H3,(H,21,22). The van der Waals surface area contributed by atoms with Crippen molar-refractivity contribution >= 4 is 17.3 Å². The fourth-order valence-corrected chi connectivity index (χ4v) is 2.22. The second-order valence-corrected chi connectivity index (χ2v) is 6.64. The highest BCUT2D eigenvalue weighted by Gasteiger charge is 2.15. The highest BCUT2D eigenvalue weighted by Crippen LogP contribution is 2.19. The van der Waals surface area contributed by atoms with Crippen LogP contribution in [0, 0.1) is 13.8 Å². The number of amides is 1. The van der Waals surface area contributed by atoms with Crippen molar-refractivity contribution in [3.63, 3.8) is 0 Å². The number of pyridine rings is 1. The lowest BCUT2D eigenvalue weighted by Gasteiger charge is -2.20. The molecule has 0 unspecified atom stereocenters. The maximum Gasteiger partial charge on any atom is 0.270 e.